The molecule has 3 heterocycles. The van der Waals surface area contributed by atoms with Crippen molar-refractivity contribution in [3.63, 3.8) is 0 Å². The molecule has 0 aliphatic rings. The van der Waals surface area contributed by atoms with Gasteiger partial charge in [-0.15, -0.1) is 0 Å². The lowest BCUT2D eigenvalue weighted by Crippen LogP contribution is -2.11. The number of nitrogens with zero attached hydrogens (tertiary/aromatic N) is 5. The summed E-state index contributed by atoms with van der Waals surface area (Å²) in [5.41, 5.74) is 18.9. The van der Waals surface area contributed by atoms with E-state index in [-0.39, 0.29) is 0 Å². The Hall–Kier alpha value is -10.1. The van der Waals surface area contributed by atoms with Gasteiger partial charge >= 0.3 is 0 Å². The maximum atomic E-state index is 5.58. The molecule has 0 saturated heterocycles. The molecule has 352 valence electrons. The van der Waals surface area contributed by atoms with Crippen molar-refractivity contribution in [2.24, 2.45) is 0 Å². The molecule has 0 bridgehead atoms. The fourth-order valence-corrected chi connectivity index (χ4v) is 11.0. The molecule has 5 nitrogen and oxygen atoms in total. The van der Waals surface area contributed by atoms with E-state index in [1.54, 1.807) is 0 Å². The van der Waals surface area contributed by atoms with Gasteiger partial charge in [-0.1, -0.05) is 218 Å². The van der Waals surface area contributed by atoms with Crippen molar-refractivity contribution in [1.82, 2.24) is 19.1 Å². The minimum Gasteiger partial charge on any atom is -0.310 e. The molecule has 0 aliphatic heterocycles. The molecule has 0 aliphatic carbocycles. The van der Waals surface area contributed by atoms with Crippen LogP contribution in [0.1, 0.15) is 0 Å². The minimum absolute atomic E-state index is 0.584. The average Bonchev–Trinajstić information content (AvgIpc) is 4.03. The van der Waals surface area contributed by atoms with Crippen LogP contribution in [-0.4, -0.2) is 19.1 Å². The quantitative estimate of drug-likeness (QED) is 0.137. The summed E-state index contributed by atoms with van der Waals surface area (Å²) in [6, 6.07) is 102. The molecule has 0 fully saturated rings. The zero-order chi connectivity index (χ0) is 49.7. The lowest BCUT2D eigenvalue weighted by Gasteiger charge is -2.27. The number of benzene rings is 11. The molecular formula is C70H47N5. The summed E-state index contributed by atoms with van der Waals surface area (Å²) in [6.07, 6.45) is 0. The second-order valence-corrected chi connectivity index (χ2v) is 19.0. The van der Waals surface area contributed by atoms with Crippen LogP contribution in [0.5, 0.6) is 0 Å². The van der Waals surface area contributed by atoms with E-state index in [1.807, 2.05) is 0 Å². The van der Waals surface area contributed by atoms with Gasteiger partial charge in [0.2, 0.25) is 5.95 Å². The van der Waals surface area contributed by atoms with E-state index in [0.29, 0.717) is 5.95 Å². The Labute approximate surface area is 435 Å². The van der Waals surface area contributed by atoms with Crippen LogP contribution in [0.3, 0.4) is 0 Å². The van der Waals surface area contributed by atoms with Gasteiger partial charge in [0.05, 0.1) is 33.5 Å². The van der Waals surface area contributed by atoms with E-state index in [4.69, 9.17) is 9.97 Å². The summed E-state index contributed by atoms with van der Waals surface area (Å²) < 4.78 is 4.75. The van der Waals surface area contributed by atoms with E-state index in [0.717, 1.165) is 111 Å². The van der Waals surface area contributed by atoms with Crippen LogP contribution in [0.25, 0.3) is 111 Å². The summed E-state index contributed by atoms with van der Waals surface area (Å²) in [7, 11) is 0. The van der Waals surface area contributed by atoms with Crippen molar-refractivity contribution < 1.29 is 0 Å². The average molecular weight is 958 g/mol. The maximum absolute atomic E-state index is 5.58. The van der Waals surface area contributed by atoms with Crippen LogP contribution >= 0.6 is 0 Å². The van der Waals surface area contributed by atoms with Crippen molar-refractivity contribution in [3.05, 3.63) is 285 Å². The highest BCUT2D eigenvalue weighted by atomic mass is 15.2. The monoisotopic (exact) mass is 957 g/mol. The Morgan fingerprint density at radius 2 is 0.667 bits per heavy atom. The van der Waals surface area contributed by atoms with Gasteiger partial charge in [0.15, 0.2) is 0 Å². The number of anilines is 3. The van der Waals surface area contributed by atoms with Gasteiger partial charge in [0.1, 0.15) is 0 Å². The molecule has 5 heteroatoms. The zero-order valence-electron chi connectivity index (χ0n) is 40.9. The smallest absolute Gasteiger partial charge is 0.235 e. The molecular weight excluding hydrogens is 911 g/mol. The molecule has 0 radical (unpaired) electrons. The number of aromatic nitrogens is 4. The molecule has 0 unspecified atom stereocenters. The van der Waals surface area contributed by atoms with Gasteiger partial charge in [-0.25, -0.2) is 9.97 Å². The number of hydrogen-bond acceptors (Lipinski definition) is 3. The molecule has 11 aromatic carbocycles. The van der Waals surface area contributed by atoms with Gasteiger partial charge in [0, 0.05) is 55.4 Å². The summed E-state index contributed by atoms with van der Waals surface area (Å²) in [5.74, 6) is 0.584. The zero-order valence-corrected chi connectivity index (χ0v) is 40.9. The van der Waals surface area contributed by atoms with E-state index >= 15 is 0 Å². The van der Waals surface area contributed by atoms with E-state index in [1.165, 1.54) is 10.9 Å². The Balaban J connectivity index is 1.10. The molecule has 3 aromatic heterocycles. The van der Waals surface area contributed by atoms with Crippen LogP contribution in [-0.2, 0) is 0 Å². The van der Waals surface area contributed by atoms with Gasteiger partial charge in [0.25, 0.3) is 0 Å². The summed E-state index contributed by atoms with van der Waals surface area (Å²) in [6.45, 7) is 0. The Morgan fingerprint density at radius 1 is 0.253 bits per heavy atom. The molecule has 0 saturated carbocycles. The van der Waals surface area contributed by atoms with Gasteiger partial charge in [-0.05, 0) is 100 Å². The predicted octanol–water partition coefficient (Wildman–Crippen LogP) is 18.5. The highest BCUT2D eigenvalue weighted by Gasteiger charge is 2.25. The maximum Gasteiger partial charge on any atom is 0.235 e. The van der Waals surface area contributed by atoms with Gasteiger partial charge in [-0.3, -0.25) is 4.57 Å². The minimum atomic E-state index is 0.584. The third-order valence-corrected chi connectivity index (χ3v) is 14.5. The number of hydrogen-bond donors (Lipinski definition) is 0. The van der Waals surface area contributed by atoms with E-state index in [9.17, 15) is 0 Å². The third-order valence-electron chi connectivity index (χ3n) is 14.5. The Bertz CT molecular complexity index is 4250. The predicted molar refractivity (Wildman–Crippen MR) is 313 cm³/mol. The number of fused-ring (bicyclic) bond motifs is 7. The Morgan fingerprint density at radius 3 is 1.21 bits per heavy atom. The van der Waals surface area contributed by atoms with Crippen LogP contribution in [0, 0.1) is 0 Å². The number of rotatable bonds is 10. The molecule has 75 heavy (non-hydrogen) atoms. The van der Waals surface area contributed by atoms with Crippen molar-refractivity contribution in [2.75, 3.05) is 4.90 Å². The van der Waals surface area contributed by atoms with Crippen LogP contribution in [0.2, 0.25) is 0 Å². The van der Waals surface area contributed by atoms with Crippen LogP contribution in [0.15, 0.2) is 285 Å². The van der Waals surface area contributed by atoms with Gasteiger partial charge in [-0.2, -0.15) is 0 Å². The first-order valence-electron chi connectivity index (χ1n) is 25.5. The van der Waals surface area contributed by atoms with Crippen LogP contribution in [0.4, 0.5) is 17.1 Å². The standard InChI is InChI=1S/C70H47N5/c1-7-21-48(22-8-1)51-35-37-57(38-36-51)73(59-44-54(49-23-9-2-10-24-49)43-55(45-59)50-25-11-3-12-26-50)58-39-40-61-63-42-41-62-60-33-19-20-34-66(60)74(56-31-17-6-18-32-56)68(62)69(63)75(67(61)46-58)70-71-64(52-27-13-4-14-28-52)47-65(72-70)53-29-15-5-16-30-53/h1-47H. The Kier molecular flexibility index (Phi) is 10.8. The van der Waals surface area contributed by atoms with Crippen molar-refractivity contribution in [3.8, 4) is 67.5 Å². The van der Waals surface area contributed by atoms with Gasteiger partial charge < -0.3 is 9.47 Å². The van der Waals surface area contributed by atoms with Crippen LogP contribution < -0.4 is 4.90 Å². The van der Waals surface area contributed by atoms with Crippen molar-refractivity contribution in [1.29, 1.82) is 0 Å². The van der Waals surface area contributed by atoms with Crippen molar-refractivity contribution >= 4 is 60.7 Å². The fraction of sp³-hybridized carbons (Fsp3) is 0. The first-order valence-corrected chi connectivity index (χ1v) is 25.5. The van der Waals surface area contributed by atoms with E-state index < -0.39 is 0 Å². The second-order valence-electron chi connectivity index (χ2n) is 19.0. The topological polar surface area (TPSA) is 38.9 Å². The molecule has 0 spiro atoms. The summed E-state index contributed by atoms with van der Waals surface area (Å²) >= 11 is 0. The lowest BCUT2D eigenvalue weighted by atomic mass is 9.97. The highest BCUT2D eigenvalue weighted by Crippen LogP contribution is 2.46. The second kappa shape index (κ2) is 18.5. The normalized spacial score (nSPS) is 11.5. The SMILES string of the molecule is c1ccc(-c2ccc(N(c3cc(-c4ccccc4)cc(-c4ccccc4)c3)c3ccc4c5ccc6c7ccccc7n(-c7ccccc7)c6c5n(-c5nc(-c6ccccc6)cc(-c6ccccc6)n5)c4c3)cc2)cc1. The van der Waals surface area contributed by atoms with E-state index in [2.05, 4.69) is 299 Å². The third kappa shape index (κ3) is 7.82. The summed E-state index contributed by atoms with van der Waals surface area (Å²) in [5, 5.41) is 4.53. The number of para-hydroxylation sites is 2. The fourth-order valence-electron chi connectivity index (χ4n) is 11.0. The molecule has 14 aromatic rings. The molecule has 0 N–H and O–H groups in total. The molecule has 14 rings (SSSR count). The first-order chi connectivity index (χ1) is 37.2. The van der Waals surface area contributed by atoms with Crippen molar-refractivity contribution in [2.45, 2.75) is 0 Å². The molecule has 0 atom stereocenters. The summed E-state index contributed by atoms with van der Waals surface area (Å²) in [4.78, 5) is 13.6. The highest BCUT2D eigenvalue weighted by molar-refractivity contribution is 6.24. The lowest BCUT2D eigenvalue weighted by molar-refractivity contribution is 0.995. The largest absolute Gasteiger partial charge is 0.310 e. The first kappa shape index (κ1) is 43.7. The molecule has 0 amide bonds.